The van der Waals surface area contributed by atoms with E-state index in [2.05, 4.69) is 34.8 Å². The van der Waals surface area contributed by atoms with Crippen LogP contribution in [0.1, 0.15) is 43.0 Å². The minimum atomic E-state index is 0.0930. The summed E-state index contributed by atoms with van der Waals surface area (Å²) in [7, 11) is 0. The number of halogens is 2. The van der Waals surface area contributed by atoms with E-state index >= 15 is 0 Å². The Hall–Kier alpha value is -0.330. The molecule has 3 nitrogen and oxygen atoms in total. The first kappa shape index (κ1) is 17.0. The van der Waals surface area contributed by atoms with Gasteiger partial charge in [-0.1, -0.05) is 24.9 Å². The van der Waals surface area contributed by atoms with Gasteiger partial charge in [0.1, 0.15) is 0 Å². The smallest absolute Gasteiger partial charge is 0.253 e. The molecule has 0 aliphatic carbocycles. The standard InChI is InChI=1S/C16H22ClIN2O/c1-2-3-9-20(11-13-5-4-8-19-13)16(21)12-6-7-15(18)14(17)10-12/h6-7,10,13,19H,2-5,8-9,11H2,1H3. The van der Waals surface area contributed by atoms with E-state index in [4.69, 9.17) is 11.6 Å². The van der Waals surface area contributed by atoms with Crippen LogP contribution in [0.2, 0.25) is 5.02 Å². The molecule has 1 aliphatic rings. The van der Waals surface area contributed by atoms with Gasteiger partial charge in [0.15, 0.2) is 0 Å². The molecular formula is C16H22ClIN2O. The summed E-state index contributed by atoms with van der Waals surface area (Å²) >= 11 is 8.32. The summed E-state index contributed by atoms with van der Waals surface area (Å²) in [5, 5.41) is 4.12. The van der Waals surface area contributed by atoms with Crippen molar-refractivity contribution in [3.63, 3.8) is 0 Å². The van der Waals surface area contributed by atoms with Crippen molar-refractivity contribution in [2.45, 2.75) is 38.6 Å². The van der Waals surface area contributed by atoms with Crippen molar-refractivity contribution in [2.75, 3.05) is 19.6 Å². The molecule has 1 N–H and O–H groups in total. The van der Waals surface area contributed by atoms with E-state index in [1.165, 1.54) is 6.42 Å². The Morgan fingerprint density at radius 2 is 2.33 bits per heavy atom. The minimum absolute atomic E-state index is 0.0930. The molecule has 5 heteroatoms. The van der Waals surface area contributed by atoms with Crippen LogP contribution >= 0.6 is 34.2 Å². The number of nitrogens with one attached hydrogen (secondary N) is 1. The zero-order valence-corrected chi connectivity index (χ0v) is 15.3. The lowest BCUT2D eigenvalue weighted by molar-refractivity contribution is 0.0739. The van der Waals surface area contributed by atoms with Gasteiger partial charge < -0.3 is 10.2 Å². The number of hydrogen-bond acceptors (Lipinski definition) is 2. The number of amides is 1. The van der Waals surface area contributed by atoms with E-state index in [1.807, 2.05) is 17.0 Å². The lowest BCUT2D eigenvalue weighted by Crippen LogP contribution is -2.41. The van der Waals surface area contributed by atoms with Crippen LogP contribution in [0.4, 0.5) is 0 Å². The quantitative estimate of drug-likeness (QED) is 0.707. The summed E-state index contributed by atoms with van der Waals surface area (Å²) in [6.45, 7) is 4.83. The van der Waals surface area contributed by atoms with Gasteiger partial charge in [-0.2, -0.15) is 0 Å². The van der Waals surface area contributed by atoms with Gasteiger partial charge in [-0.3, -0.25) is 4.79 Å². The number of carbonyl (C=O) groups excluding carboxylic acids is 1. The molecule has 1 unspecified atom stereocenters. The molecule has 1 heterocycles. The highest BCUT2D eigenvalue weighted by atomic mass is 127. The average Bonchev–Trinajstić information content (AvgIpc) is 2.98. The third-order valence-electron chi connectivity index (χ3n) is 3.84. The number of nitrogens with zero attached hydrogens (tertiary/aromatic N) is 1. The largest absolute Gasteiger partial charge is 0.337 e. The summed E-state index contributed by atoms with van der Waals surface area (Å²) in [4.78, 5) is 14.7. The Labute approximate surface area is 145 Å². The predicted octanol–water partition coefficient (Wildman–Crippen LogP) is 3.94. The summed E-state index contributed by atoms with van der Waals surface area (Å²) < 4.78 is 0.975. The molecule has 1 aromatic rings. The third kappa shape index (κ3) is 4.83. The molecule has 0 aromatic heterocycles. The number of benzene rings is 1. The van der Waals surface area contributed by atoms with Gasteiger partial charge in [0.05, 0.1) is 5.02 Å². The zero-order valence-electron chi connectivity index (χ0n) is 12.4. The average molecular weight is 421 g/mol. The van der Waals surface area contributed by atoms with E-state index in [9.17, 15) is 4.79 Å². The molecule has 0 radical (unpaired) electrons. The van der Waals surface area contributed by atoms with Gasteiger partial charge in [0.2, 0.25) is 0 Å². The highest BCUT2D eigenvalue weighted by Gasteiger charge is 2.22. The van der Waals surface area contributed by atoms with Gasteiger partial charge in [-0.05, 0) is 66.6 Å². The van der Waals surface area contributed by atoms with E-state index in [0.717, 1.165) is 42.5 Å². The molecule has 1 saturated heterocycles. The third-order valence-corrected chi connectivity index (χ3v) is 5.41. The number of carbonyl (C=O) groups is 1. The molecule has 116 valence electrons. The zero-order chi connectivity index (χ0) is 15.2. The highest BCUT2D eigenvalue weighted by molar-refractivity contribution is 14.1. The first-order valence-electron chi connectivity index (χ1n) is 7.59. The first-order valence-corrected chi connectivity index (χ1v) is 9.05. The summed E-state index contributed by atoms with van der Waals surface area (Å²) in [6, 6.07) is 6.00. The first-order chi connectivity index (χ1) is 10.1. The van der Waals surface area contributed by atoms with Crippen molar-refractivity contribution in [1.29, 1.82) is 0 Å². The predicted molar refractivity (Wildman–Crippen MR) is 96.0 cm³/mol. The van der Waals surface area contributed by atoms with Crippen molar-refractivity contribution in [2.24, 2.45) is 0 Å². The van der Waals surface area contributed by atoms with Crippen LogP contribution in [0.25, 0.3) is 0 Å². The Morgan fingerprint density at radius 1 is 1.52 bits per heavy atom. The maximum Gasteiger partial charge on any atom is 0.253 e. The second-order valence-corrected chi connectivity index (χ2v) is 7.10. The van der Waals surface area contributed by atoms with Crippen molar-refractivity contribution in [3.8, 4) is 0 Å². The molecule has 1 fully saturated rings. The second-order valence-electron chi connectivity index (χ2n) is 5.53. The van der Waals surface area contributed by atoms with Crippen molar-refractivity contribution >= 4 is 40.1 Å². The van der Waals surface area contributed by atoms with Gasteiger partial charge in [-0.25, -0.2) is 0 Å². The van der Waals surface area contributed by atoms with Crippen LogP contribution in [0, 0.1) is 3.57 Å². The van der Waals surface area contributed by atoms with Crippen molar-refractivity contribution in [1.82, 2.24) is 10.2 Å². The van der Waals surface area contributed by atoms with Crippen LogP contribution in [-0.4, -0.2) is 36.5 Å². The summed E-state index contributed by atoms with van der Waals surface area (Å²) in [5.74, 6) is 0.0930. The van der Waals surface area contributed by atoms with E-state index < -0.39 is 0 Å². The van der Waals surface area contributed by atoms with Gasteiger partial charge in [-0.15, -0.1) is 0 Å². The van der Waals surface area contributed by atoms with E-state index in [0.29, 0.717) is 16.6 Å². The van der Waals surface area contributed by atoms with E-state index in [-0.39, 0.29) is 5.91 Å². The summed E-state index contributed by atoms with van der Waals surface area (Å²) in [5.41, 5.74) is 0.689. The Bertz CT molecular complexity index is 489. The van der Waals surface area contributed by atoms with Gasteiger partial charge in [0, 0.05) is 28.3 Å². The lowest BCUT2D eigenvalue weighted by atomic mass is 10.1. The van der Waals surface area contributed by atoms with Crippen LogP contribution in [0.3, 0.4) is 0 Å². The fraction of sp³-hybridized carbons (Fsp3) is 0.562. The molecule has 1 aromatic carbocycles. The molecule has 0 spiro atoms. The molecule has 0 saturated carbocycles. The molecule has 1 amide bonds. The highest BCUT2D eigenvalue weighted by Crippen LogP contribution is 2.21. The molecule has 1 atom stereocenters. The number of unbranched alkanes of at least 4 members (excludes halogenated alkanes) is 1. The maximum absolute atomic E-state index is 12.7. The van der Waals surface area contributed by atoms with Gasteiger partial charge >= 0.3 is 0 Å². The number of rotatable bonds is 6. The molecule has 21 heavy (non-hydrogen) atoms. The Balaban J connectivity index is 2.09. The Morgan fingerprint density at radius 3 is 2.95 bits per heavy atom. The van der Waals surface area contributed by atoms with Crippen LogP contribution in [0.5, 0.6) is 0 Å². The maximum atomic E-state index is 12.7. The normalized spacial score (nSPS) is 18.0. The fourth-order valence-corrected chi connectivity index (χ4v) is 3.13. The Kier molecular flexibility index (Phi) is 6.76. The fourth-order valence-electron chi connectivity index (χ4n) is 2.62. The van der Waals surface area contributed by atoms with Crippen molar-refractivity contribution in [3.05, 3.63) is 32.4 Å². The summed E-state index contributed by atoms with van der Waals surface area (Å²) in [6.07, 6.45) is 4.49. The molecular weight excluding hydrogens is 399 g/mol. The molecule has 1 aliphatic heterocycles. The monoisotopic (exact) mass is 420 g/mol. The van der Waals surface area contributed by atoms with Crippen LogP contribution in [-0.2, 0) is 0 Å². The van der Waals surface area contributed by atoms with Crippen LogP contribution < -0.4 is 5.32 Å². The van der Waals surface area contributed by atoms with E-state index in [1.54, 1.807) is 6.07 Å². The van der Waals surface area contributed by atoms with Crippen LogP contribution in [0.15, 0.2) is 18.2 Å². The minimum Gasteiger partial charge on any atom is -0.337 e. The molecule has 0 bridgehead atoms. The van der Waals surface area contributed by atoms with Crippen molar-refractivity contribution < 1.29 is 4.79 Å². The molecule has 2 rings (SSSR count). The number of hydrogen-bond donors (Lipinski definition) is 1. The van der Waals surface area contributed by atoms with Gasteiger partial charge in [0.25, 0.3) is 5.91 Å². The second kappa shape index (κ2) is 8.34. The topological polar surface area (TPSA) is 32.3 Å². The lowest BCUT2D eigenvalue weighted by Gasteiger charge is -2.26. The SMILES string of the molecule is CCCCN(CC1CCCN1)C(=O)c1ccc(I)c(Cl)c1.